The lowest BCUT2D eigenvalue weighted by Gasteiger charge is -2.21. The summed E-state index contributed by atoms with van der Waals surface area (Å²) in [6, 6.07) is 3.90. The highest BCUT2D eigenvalue weighted by Crippen LogP contribution is 2.24. The molecule has 1 fully saturated rings. The van der Waals surface area contributed by atoms with Crippen molar-refractivity contribution >= 4 is 0 Å². The molecular weight excluding hydrogens is 212 g/mol. The topological polar surface area (TPSA) is 48.1 Å². The van der Waals surface area contributed by atoms with E-state index in [9.17, 15) is 0 Å². The largest absolute Gasteiger partial charge is 0.492 e. The van der Waals surface area contributed by atoms with Crippen molar-refractivity contribution in [2.45, 2.75) is 45.1 Å². The number of hydrogen-bond acceptors (Lipinski definition) is 3. The van der Waals surface area contributed by atoms with Crippen LogP contribution in [0.5, 0.6) is 5.75 Å². The molecule has 17 heavy (non-hydrogen) atoms. The Bertz CT molecular complexity index is 329. The van der Waals surface area contributed by atoms with Crippen molar-refractivity contribution in [3.63, 3.8) is 0 Å². The van der Waals surface area contributed by atoms with Crippen molar-refractivity contribution in [3.05, 3.63) is 24.0 Å². The number of nitrogens with zero attached hydrogens (tertiary/aromatic N) is 1. The zero-order valence-corrected chi connectivity index (χ0v) is 10.6. The van der Waals surface area contributed by atoms with Crippen LogP contribution in [0.2, 0.25) is 0 Å². The van der Waals surface area contributed by atoms with Gasteiger partial charge in [0.05, 0.1) is 18.5 Å². The first kappa shape index (κ1) is 12.4. The fraction of sp³-hybridized carbons (Fsp3) is 0.643. The minimum atomic E-state index is -0.0117. The minimum Gasteiger partial charge on any atom is -0.492 e. The van der Waals surface area contributed by atoms with E-state index in [4.69, 9.17) is 10.5 Å². The maximum Gasteiger partial charge on any atom is 0.137 e. The van der Waals surface area contributed by atoms with Gasteiger partial charge >= 0.3 is 0 Å². The molecule has 0 bridgehead atoms. The summed E-state index contributed by atoms with van der Waals surface area (Å²) in [5.74, 6) is 1.59. The van der Waals surface area contributed by atoms with Gasteiger partial charge in [-0.2, -0.15) is 0 Å². The van der Waals surface area contributed by atoms with E-state index in [0.29, 0.717) is 0 Å². The molecule has 0 aromatic carbocycles. The fourth-order valence-corrected chi connectivity index (χ4v) is 2.31. The molecule has 0 amide bonds. The Morgan fingerprint density at radius 1 is 1.35 bits per heavy atom. The molecule has 0 spiro atoms. The van der Waals surface area contributed by atoms with Gasteiger partial charge in [0.1, 0.15) is 5.75 Å². The van der Waals surface area contributed by atoms with Gasteiger partial charge in [-0.15, -0.1) is 0 Å². The number of pyridine rings is 1. The molecule has 0 radical (unpaired) electrons. The first-order valence-corrected chi connectivity index (χ1v) is 6.60. The molecule has 1 aromatic rings. The lowest BCUT2D eigenvalue weighted by molar-refractivity contribution is 0.208. The van der Waals surface area contributed by atoms with Crippen LogP contribution in [0.1, 0.15) is 50.8 Å². The standard InChI is InChI=1S/C14H22N2O/c1-11(15)14-8-7-13(9-16-14)17-10-12-5-3-2-4-6-12/h7-9,11-12H,2-6,10,15H2,1H3. The summed E-state index contributed by atoms with van der Waals surface area (Å²) >= 11 is 0. The van der Waals surface area contributed by atoms with Gasteiger partial charge in [0.15, 0.2) is 0 Å². The molecule has 94 valence electrons. The summed E-state index contributed by atoms with van der Waals surface area (Å²) in [5, 5.41) is 0. The van der Waals surface area contributed by atoms with Crippen LogP contribution < -0.4 is 10.5 Å². The molecule has 1 aliphatic rings. The fourth-order valence-electron chi connectivity index (χ4n) is 2.31. The average Bonchev–Trinajstić information content (AvgIpc) is 2.38. The van der Waals surface area contributed by atoms with Gasteiger partial charge in [-0.1, -0.05) is 19.3 Å². The van der Waals surface area contributed by atoms with E-state index in [0.717, 1.165) is 24.0 Å². The van der Waals surface area contributed by atoms with Crippen LogP contribution in [0.4, 0.5) is 0 Å². The van der Waals surface area contributed by atoms with E-state index < -0.39 is 0 Å². The molecule has 2 N–H and O–H groups in total. The monoisotopic (exact) mass is 234 g/mol. The first-order chi connectivity index (χ1) is 8.25. The second kappa shape index (κ2) is 6.01. The van der Waals surface area contributed by atoms with Crippen LogP contribution in [-0.4, -0.2) is 11.6 Å². The molecular formula is C14H22N2O. The molecule has 1 atom stereocenters. The van der Waals surface area contributed by atoms with Crippen molar-refractivity contribution in [1.29, 1.82) is 0 Å². The van der Waals surface area contributed by atoms with Crippen molar-refractivity contribution < 1.29 is 4.74 Å². The highest BCUT2D eigenvalue weighted by atomic mass is 16.5. The highest BCUT2D eigenvalue weighted by Gasteiger charge is 2.14. The molecule has 1 unspecified atom stereocenters. The van der Waals surface area contributed by atoms with Gasteiger partial charge in [-0.25, -0.2) is 0 Å². The Kier molecular flexibility index (Phi) is 4.37. The first-order valence-electron chi connectivity index (χ1n) is 6.60. The van der Waals surface area contributed by atoms with E-state index in [2.05, 4.69) is 4.98 Å². The lowest BCUT2D eigenvalue weighted by Crippen LogP contribution is -2.15. The van der Waals surface area contributed by atoms with Gasteiger partial charge in [0.2, 0.25) is 0 Å². The summed E-state index contributed by atoms with van der Waals surface area (Å²) in [6.45, 7) is 2.77. The maximum atomic E-state index is 5.78. The summed E-state index contributed by atoms with van der Waals surface area (Å²) in [4.78, 5) is 4.29. The zero-order valence-electron chi connectivity index (χ0n) is 10.6. The number of hydrogen-bond donors (Lipinski definition) is 1. The summed E-state index contributed by atoms with van der Waals surface area (Å²) < 4.78 is 5.78. The van der Waals surface area contributed by atoms with Crippen LogP contribution >= 0.6 is 0 Å². The van der Waals surface area contributed by atoms with Crippen LogP contribution in [0.25, 0.3) is 0 Å². The Morgan fingerprint density at radius 3 is 2.71 bits per heavy atom. The maximum absolute atomic E-state index is 5.78. The van der Waals surface area contributed by atoms with Crippen LogP contribution in [-0.2, 0) is 0 Å². The number of ether oxygens (including phenoxy) is 1. The predicted octanol–water partition coefficient (Wildman–Crippen LogP) is 3.06. The number of rotatable bonds is 4. The molecule has 2 rings (SSSR count). The third kappa shape index (κ3) is 3.70. The summed E-state index contributed by atoms with van der Waals surface area (Å²) in [6.07, 6.45) is 8.51. The molecule has 0 saturated heterocycles. The zero-order chi connectivity index (χ0) is 12.1. The molecule has 1 aromatic heterocycles. The molecule has 1 aliphatic carbocycles. The van der Waals surface area contributed by atoms with Crippen molar-refractivity contribution in [2.75, 3.05) is 6.61 Å². The third-order valence-electron chi connectivity index (χ3n) is 3.44. The van der Waals surface area contributed by atoms with E-state index in [1.807, 2.05) is 19.1 Å². The number of nitrogens with two attached hydrogens (primary N) is 1. The normalized spacial score (nSPS) is 18.9. The van der Waals surface area contributed by atoms with Crippen molar-refractivity contribution in [3.8, 4) is 5.75 Å². The van der Waals surface area contributed by atoms with Gasteiger partial charge in [-0.3, -0.25) is 4.98 Å². The van der Waals surface area contributed by atoms with Crippen molar-refractivity contribution in [1.82, 2.24) is 4.98 Å². The van der Waals surface area contributed by atoms with Crippen LogP contribution in [0, 0.1) is 5.92 Å². The Balaban J connectivity index is 1.82. The van der Waals surface area contributed by atoms with Crippen LogP contribution in [0.15, 0.2) is 18.3 Å². The average molecular weight is 234 g/mol. The summed E-state index contributed by atoms with van der Waals surface area (Å²) in [7, 11) is 0. The highest BCUT2D eigenvalue weighted by molar-refractivity contribution is 5.21. The van der Waals surface area contributed by atoms with E-state index in [1.54, 1.807) is 6.20 Å². The smallest absolute Gasteiger partial charge is 0.137 e. The molecule has 1 heterocycles. The van der Waals surface area contributed by atoms with E-state index >= 15 is 0 Å². The van der Waals surface area contributed by atoms with Crippen molar-refractivity contribution in [2.24, 2.45) is 11.7 Å². The molecule has 3 nitrogen and oxygen atoms in total. The van der Waals surface area contributed by atoms with Gasteiger partial charge in [0.25, 0.3) is 0 Å². The second-order valence-electron chi connectivity index (χ2n) is 5.02. The second-order valence-corrected chi connectivity index (χ2v) is 5.02. The Labute approximate surface area is 103 Å². The van der Waals surface area contributed by atoms with Crippen LogP contribution in [0.3, 0.4) is 0 Å². The molecule has 3 heteroatoms. The number of aromatic nitrogens is 1. The Hall–Kier alpha value is -1.09. The quantitative estimate of drug-likeness (QED) is 0.871. The van der Waals surface area contributed by atoms with Gasteiger partial charge in [0, 0.05) is 6.04 Å². The van der Waals surface area contributed by atoms with E-state index in [1.165, 1.54) is 32.1 Å². The van der Waals surface area contributed by atoms with Gasteiger partial charge < -0.3 is 10.5 Å². The SMILES string of the molecule is CC(N)c1ccc(OCC2CCCCC2)cn1. The third-order valence-corrected chi connectivity index (χ3v) is 3.44. The minimum absolute atomic E-state index is 0.0117. The summed E-state index contributed by atoms with van der Waals surface area (Å²) in [5.41, 5.74) is 6.66. The van der Waals surface area contributed by atoms with E-state index in [-0.39, 0.29) is 6.04 Å². The molecule has 1 saturated carbocycles. The predicted molar refractivity (Wildman–Crippen MR) is 68.9 cm³/mol. The Morgan fingerprint density at radius 2 is 2.12 bits per heavy atom. The molecule has 0 aliphatic heterocycles. The lowest BCUT2D eigenvalue weighted by atomic mass is 9.90. The van der Waals surface area contributed by atoms with Gasteiger partial charge in [-0.05, 0) is 37.8 Å².